The molecule has 1 aromatic carbocycles. The van der Waals surface area contributed by atoms with Crippen LogP contribution in [0.5, 0.6) is 0 Å². The lowest BCUT2D eigenvalue weighted by Gasteiger charge is -2.31. The lowest BCUT2D eigenvalue weighted by atomic mass is 10.1. The molecule has 0 aromatic heterocycles. The molecule has 1 saturated heterocycles. The summed E-state index contributed by atoms with van der Waals surface area (Å²) in [4.78, 5) is 13.0. The maximum Gasteiger partial charge on any atom is 0.330 e. The number of hydrogen-bond donors (Lipinski definition) is 2. The van der Waals surface area contributed by atoms with Crippen LogP contribution in [0.25, 0.3) is 5.70 Å². The molecule has 0 amide bonds. The molecule has 90 valence electrons. The number of carbonyl (C=O) groups is 1. The summed E-state index contributed by atoms with van der Waals surface area (Å²) in [6, 6.07) is 9.66. The SMILES string of the molecule is O=C(O)/C=C(\c1ccccc1)N1CCNCC1. The van der Waals surface area contributed by atoms with Gasteiger partial charge in [-0.3, -0.25) is 0 Å². The van der Waals surface area contributed by atoms with Crippen LogP contribution in [0, 0.1) is 0 Å². The molecule has 0 bridgehead atoms. The minimum absolute atomic E-state index is 0.791. The van der Waals surface area contributed by atoms with Gasteiger partial charge < -0.3 is 15.3 Å². The molecule has 2 rings (SSSR count). The third-order valence-electron chi connectivity index (χ3n) is 2.79. The van der Waals surface area contributed by atoms with E-state index in [1.54, 1.807) is 0 Å². The van der Waals surface area contributed by atoms with Crippen LogP contribution in [0.2, 0.25) is 0 Å². The summed E-state index contributed by atoms with van der Waals surface area (Å²) >= 11 is 0. The van der Waals surface area contributed by atoms with Crippen molar-refractivity contribution in [3.8, 4) is 0 Å². The first-order valence-corrected chi connectivity index (χ1v) is 5.73. The predicted molar refractivity (Wildman–Crippen MR) is 66.5 cm³/mol. The van der Waals surface area contributed by atoms with Gasteiger partial charge in [0.1, 0.15) is 0 Å². The topological polar surface area (TPSA) is 52.6 Å². The van der Waals surface area contributed by atoms with Crippen LogP contribution in [0.4, 0.5) is 0 Å². The molecule has 4 heteroatoms. The number of hydrogen-bond acceptors (Lipinski definition) is 3. The fraction of sp³-hybridized carbons (Fsp3) is 0.308. The van der Waals surface area contributed by atoms with Crippen molar-refractivity contribution in [3.05, 3.63) is 42.0 Å². The van der Waals surface area contributed by atoms with Crippen LogP contribution in [0.15, 0.2) is 36.4 Å². The highest BCUT2D eigenvalue weighted by molar-refractivity contribution is 5.89. The quantitative estimate of drug-likeness (QED) is 0.764. The molecule has 1 aliphatic rings. The van der Waals surface area contributed by atoms with Crippen LogP contribution in [-0.2, 0) is 4.79 Å². The lowest BCUT2D eigenvalue weighted by Crippen LogP contribution is -2.42. The molecular formula is C13H16N2O2. The summed E-state index contributed by atoms with van der Waals surface area (Å²) in [5.74, 6) is -0.901. The highest BCUT2D eigenvalue weighted by atomic mass is 16.4. The van der Waals surface area contributed by atoms with Gasteiger partial charge in [-0.05, 0) is 5.56 Å². The van der Waals surface area contributed by atoms with E-state index >= 15 is 0 Å². The second-order valence-corrected chi connectivity index (χ2v) is 3.97. The third-order valence-corrected chi connectivity index (χ3v) is 2.79. The molecule has 17 heavy (non-hydrogen) atoms. The van der Waals surface area contributed by atoms with E-state index in [2.05, 4.69) is 10.2 Å². The Morgan fingerprint density at radius 2 is 1.88 bits per heavy atom. The highest BCUT2D eigenvalue weighted by Gasteiger charge is 2.15. The molecule has 4 nitrogen and oxygen atoms in total. The van der Waals surface area contributed by atoms with Gasteiger partial charge in [0.15, 0.2) is 0 Å². The Balaban J connectivity index is 2.28. The predicted octanol–water partition coefficient (Wildman–Crippen LogP) is 1.02. The molecule has 0 spiro atoms. The van der Waals surface area contributed by atoms with Crippen molar-refractivity contribution in [2.75, 3.05) is 26.2 Å². The molecule has 0 aliphatic carbocycles. The van der Waals surface area contributed by atoms with E-state index in [0.29, 0.717) is 0 Å². The smallest absolute Gasteiger partial charge is 0.330 e. The van der Waals surface area contributed by atoms with E-state index in [0.717, 1.165) is 37.4 Å². The van der Waals surface area contributed by atoms with Gasteiger partial charge >= 0.3 is 5.97 Å². The largest absolute Gasteiger partial charge is 0.478 e. The van der Waals surface area contributed by atoms with E-state index in [-0.39, 0.29) is 0 Å². The van der Waals surface area contributed by atoms with E-state index in [1.165, 1.54) is 6.08 Å². The number of rotatable bonds is 3. The van der Waals surface area contributed by atoms with Crippen LogP contribution in [0.3, 0.4) is 0 Å². The molecule has 0 saturated carbocycles. The first kappa shape index (κ1) is 11.7. The zero-order valence-electron chi connectivity index (χ0n) is 9.60. The molecule has 0 unspecified atom stereocenters. The van der Waals surface area contributed by atoms with E-state index < -0.39 is 5.97 Å². The second-order valence-electron chi connectivity index (χ2n) is 3.97. The number of carboxylic acids is 1. The number of aliphatic carboxylic acids is 1. The lowest BCUT2D eigenvalue weighted by molar-refractivity contribution is -0.131. The van der Waals surface area contributed by atoms with Crippen LogP contribution in [-0.4, -0.2) is 42.2 Å². The molecule has 1 aliphatic heterocycles. The van der Waals surface area contributed by atoms with Crippen molar-refractivity contribution in [2.24, 2.45) is 0 Å². The van der Waals surface area contributed by atoms with E-state index in [1.807, 2.05) is 30.3 Å². The monoisotopic (exact) mass is 232 g/mol. The standard InChI is InChI=1S/C13H16N2O2/c16-13(17)10-12(11-4-2-1-3-5-11)15-8-6-14-7-9-15/h1-5,10,14H,6-9H2,(H,16,17)/b12-10+. The van der Waals surface area contributed by atoms with Gasteiger partial charge in [0, 0.05) is 32.3 Å². The number of benzene rings is 1. The second kappa shape index (κ2) is 5.50. The zero-order chi connectivity index (χ0) is 12.1. The molecule has 1 heterocycles. The summed E-state index contributed by atoms with van der Waals surface area (Å²) in [6.45, 7) is 3.47. The number of nitrogens with zero attached hydrogens (tertiary/aromatic N) is 1. The summed E-state index contributed by atoms with van der Waals surface area (Å²) in [5, 5.41) is 12.2. The van der Waals surface area contributed by atoms with Gasteiger partial charge in [0.25, 0.3) is 0 Å². The fourth-order valence-electron chi connectivity index (χ4n) is 1.99. The van der Waals surface area contributed by atoms with Crippen molar-refractivity contribution < 1.29 is 9.90 Å². The van der Waals surface area contributed by atoms with Crippen LogP contribution in [0.1, 0.15) is 5.56 Å². The Hall–Kier alpha value is -1.81. The van der Waals surface area contributed by atoms with E-state index in [4.69, 9.17) is 5.11 Å². The molecule has 0 radical (unpaired) electrons. The summed E-state index contributed by atoms with van der Waals surface area (Å²) in [5.41, 5.74) is 1.75. The Morgan fingerprint density at radius 1 is 1.24 bits per heavy atom. The average Bonchev–Trinajstić information content (AvgIpc) is 2.38. The van der Waals surface area contributed by atoms with Gasteiger partial charge in [0.05, 0.1) is 5.70 Å². The first-order chi connectivity index (χ1) is 8.27. The minimum Gasteiger partial charge on any atom is -0.478 e. The highest BCUT2D eigenvalue weighted by Crippen LogP contribution is 2.19. The van der Waals surface area contributed by atoms with Crippen LogP contribution < -0.4 is 5.32 Å². The first-order valence-electron chi connectivity index (χ1n) is 5.73. The van der Waals surface area contributed by atoms with Gasteiger partial charge in [-0.1, -0.05) is 30.3 Å². The van der Waals surface area contributed by atoms with Crippen molar-refractivity contribution in [1.82, 2.24) is 10.2 Å². The van der Waals surface area contributed by atoms with Gasteiger partial charge in [-0.25, -0.2) is 4.79 Å². The summed E-state index contributed by atoms with van der Waals surface area (Å²) in [7, 11) is 0. The Bertz CT molecular complexity index is 409. The average molecular weight is 232 g/mol. The Kier molecular flexibility index (Phi) is 3.77. The molecule has 1 aromatic rings. The third kappa shape index (κ3) is 3.07. The van der Waals surface area contributed by atoms with E-state index in [9.17, 15) is 4.79 Å². The van der Waals surface area contributed by atoms with Gasteiger partial charge in [-0.2, -0.15) is 0 Å². The van der Waals surface area contributed by atoms with Crippen molar-refractivity contribution in [3.63, 3.8) is 0 Å². The zero-order valence-corrected chi connectivity index (χ0v) is 9.60. The number of piperazine rings is 1. The molecule has 0 atom stereocenters. The normalized spacial score (nSPS) is 16.9. The van der Waals surface area contributed by atoms with Crippen molar-refractivity contribution >= 4 is 11.7 Å². The molecule has 1 fully saturated rings. The summed E-state index contributed by atoms with van der Waals surface area (Å²) < 4.78 is 0. The Labute approximate surface area is 101 Å². The van der Waals surface area contributed by atoms with Crippen molar-refractivity contribution in [2.45, 2.75) is 0 Å². The summed E-state index contributed by atoms with van der Waals surface area (Å²) in [6.07, 6.45) is 1.29. The maximum atomic E-state index is 10.9. The molecule has 2 N–H and O–H groups in total. The number of nitrogens with one attached hydrogen (secondary N) is 1. The van der Waals surface area contributed by atoms with Gasteiger partial charge in [-0.15, -0.1) is 0 Å². The van der Waals surface area contributed by atoms with Crippen LogP contribution >= 0.6 is 0 Å². The van der Waals surface area contributed by atoms with Gasteiger partial charge in [0.2, 0.25) is 0 Å². The Morgan fingerprint density at radius 3 is 2.47 bits per heavy atom. The fourth-order valence-corrected chi connectivity index (χ4v) is 1.99. The number of carboxylic acid groups (broad SMARTS) is 1. The molecular weight excluding hydrogens is 216 g/mol. The van der Waals surface area contributed by atoms with Crippen molar-refractivity contribution in [1.29, 1.82) is 0 Å². The minimum atomic E-state index is -0.901. The maximum absolute atomic E-state index is 10.9.